The molecular formula is C41H40N2O6. The first-order valence-electron chi connectivity index (χ1n) is 16.6. The van der Waals surface area contributed by atoms with Crippen molar-refractivity contribution in [3.63, 3.8) is 0 Å². The molecule has 49 heavy (non-hydrogen) atoms. The number of hydrogen-bond donors (Lipinski definition) is 0. The Balaban J connectivity index is 1.34. The number of ether oxygens (including phenoxy) is 4. The molecule has 0 N–H and O–H groups in total. The van der Waals surface area contributed by atoms with Gasteiger partial charge in [-0.1, -0.05) is 117 Å². The number of hydrogen-bond acceptors (Lipinski definition) is 7. The second-order valence-electron chi connectivity index (χ2n) is 11.9. The Morgan fingerprint density at radius 1 is 0.816 bits per heavy atom. The quantitative estimate of drug-likeness (QED) is 0.0541. The van der Waals surface area contributed by atoms with Gasteiger partial charge >= 0.3 is 12.1 Å². The minimum Gasteiger partial charge on any atom is -0.496 e. The highest BCUT2D eigenvalue weighted by Crippen LogP contribution is 2.44. The van der Waals surface area contributed by atoms with Crippen LogP contribution < -0.4 is 4.74 Å². The maximum Gasteiger partial charge on any atom is 0.513 e. The Morgan fingerprint density at radius 3 is 2.16 bits per heavy atom. The van der Waals surface area contributed by atoms with Gasteiger partial charge in [0.25, 0.3) is 0 Å². The number of esters is 1. The van der Waals surface area contributed by atoms with Crippen LogP contribution in [0.1, 0.15) is 61.8 Å². The fraction of sp³-hybridized carbons (Fsp3) is 0.244. The van der Waals surface area contributed by atoms with Crippen molar-refractivity contribution < 1.29 is 28.5 Å². The smallest absolute Gasteiger partial charge is 0.496 e. The van der Waals surface area contributed by atoms with Crippen LogP contribution in [0.2, 0.25) is 0 Å². The minimum atomic E-state index is -0.912. The zero-order chi connectivity index (χ0) is 34.2. The molecule has 1 atom stereocenters. The highest BCUT2D eigenvalue weighted by Gasteiger charge is 2.33. The monoisotopic (exact) mass is 656 g/mol. The number of imidazole rings is 1. The molecule has 1 aliphatic carbocycles. The van der Waals surface area contributed by atoms with E-state index in [2.05, 4.69) is 36.2 Å². The largest absolute Gasteiger partial charge is 0.513 e. The predicted octanol–water partition coefficient (Wildman–Crippen LogP) is 9.12. The number of carbonyl (C=O) groups is 2. The number of para-hydroxylation sites is 1. The first-order valence-corrected chi connectivity index (χ1v) is 16.6. The molecule has 8 heteroatoms. The second-order valence-corrected chi connectivity index (χ2v) is 11.9. The van der Waals surface area contributed by atoms with Crippen molar-refractivity contribution in [1.82, 2.24) is 9.55 Å². The van der Waals surface area contributed by atoms with Crippen LogP contribution in [-0.2, 0) is 19.0 Å². The zero-order valence-corrected chi connectivity index (χ0v) is 28.0. The first kappa shape index (κ1) is 33.3. The van der Waals surface area contributed by atoms with Crippen LogP contribution in [0.5, 0.6) is 5.75 Å². The van der Waals surface area contributed by atoms with Gasteiger partial charge in [-0.25, -0.2) is 14.6 Å². The summed E-state index contributed by atoms with van der Waals surface area (Å²) in [7, 11) is 1.58. The zero-order valence-electron chi connectivity index (χ0n) is 28.0. The molecular weight excluding hydrogens is 616 g/mol. The number of carbonyl (C=O) groups excluding carboxylic acids is 2. The minimum absolute atomic E-state index is 0.0589. The summed E-state index contributed by atoms with van der Waals surface area (Å²) in [5.74, 6) is -0.141. The van der Waals surface area contributed by atoms with E-state index in [4.69, 9.17) is 18.9 Å². The second kappa shape index (κ2) is 15.5. The van der Waals surface area contributed by atoms with Crippen LogP contribution in [0.4, 0.5) is 4.79 Å². The molecule has 0 radical (unpaired) electrons. The molecule has 5 aromatic rings. The summed E-state index contributed by atoms with van der Waals surface area (Å²) in [6, 6.07) is 32.6. The van der Waals surface area contributed by atoms with Gasteiger partial charge < -0.3 is 23.5 Å². The Morgan fingerprint density at radius 2 is 1.47 bits per heavy atom. The van der Waals surface area contributed by atoms with E-state index in [0.717, 1.165) is 40.7 Å². The molecule has 1 heterocycles. The Kier molecular flexibility index (Phi) is 10.5. The van der Waals surface area contributed by atoms with Crippen molar-refractivity contribution in [2.75, 3.05) is 20.3 Å². The van der Waals surface area contributed by atoms with Gasteiger partial charge in [0.2, 0.25) is 0 Å². The molecule has 0 aliphatic heterocycles. The first-order chi connectivity index (χ1) is 24.0. The highest BCUT2D eigenvalue weighted by molar-refractivity contribution is 5.91. The molecule has 0 fully saturated rings. The number of unbranched alkanes of at least 4 members (excludes halogenated alkanes) is 2. The molecule has 6 rings (SSSR count). The number of allylic oxidation sites excluding steroid dienone is 1. The summed E-state index contributed by atoms with van der Waals surface area (Å²) in [6.45, 7) is 3.98. The molecule has 0 bridgehead atoms. The van der Waals surface area contributed by atoms with Crippen LogP contribution >= 0.6 is 0 Å². The lowest BCUT2D eigenvalue weighted by molar-refractivity contribution is -0.139. The summed E-state index contributed by atoms with van der Waals surface area (Å²) in [6.07, 6.45) is 5.21. The molecule has 0 spiro atoms. The molecule has 0 amide bonds. The number of nitrogens with zero attached hydrogens (tertiary/aromatic N) is 2. The van der Waals surface area contributed by atoms with Gasteiger partial charge in [-0.3, -0.25) is 0 Å². The summed E-state index contributed by atoms with van der Waals surface area (Å²) in [5, 5.41) is 0. The van der Waals surface area contributed by atoms with Crippen molar-refractivity contribution in [3.8, 4) is 28.1 Å². The summed E-state index contributed by atoms with van der Waals surface area (Å²) in [4.78, 5) is 32.1. The third kappa shape index (κ3) is 7.28. The van der Waals surface area contributed by atoms with Crippen LogP contribution in [0, 0.1) is 0 Å². The van der Waals surface area contributed by atoms with Crippen LogP contribution in [-0.4, -0.2) is 42.0 Å². The summed E-state index contributed by atoms with van der Waals surface area (Å²) >= 11 is 0. The topological polar surface area (TPSA) is 88.9 Å². The summed E-state index contributed by atoms with van der Waals surface area (Å²) in [5.41, 5.74) is 6.85. The SMILES string of the molecule is CCCCCOC(=O)C(=C(C)OC(=O)OCC1c2ccccc2-c2ccccc21)C(c1ccccc1OC)n1cnc(-c2ccccc2)c1. The predicted molar refractivity (Wildman–Crippen MR) is 188 cm³/mol. The third-order valence-electron chi connectivity index (χ3n) is 8.82. The Bertz CT molecular complexity index is 1900. The fourth-order valence-electron chi connectivity index (χ4n) is 6.44. The number of benzene rings is 4. The molecule has 1 aliphatic rings. The number of methoxy groups -OCH3 is 1. The van der Waals surface area contributed by atoms with Gasteiger partial charge in [0.15, 0.2) is 0 Å². The van der Waals surface area contributed by atoms with E-state index in [9.17, 15) is 9.59 Å². The van der Waals surface area contributed by atoms with E-state index in [1.807, 2.05) is 89.6 Å². The molecule has 4 aromatic carbocycles. The standard InChI is InChI=1S/C41H40N2O6/c1-4-5-15-24-47-40(44)38(28(2)49-41(45)48-26-35-32-20-11-9-18-30(32)31-19-10-12-21-33(31)35)39(34-22-13-14-23-37(34)46-3)43-25-36(42-27-43)29-16-7-6-8-17-29/h6-14,16-23,25,27,35,39H,4-5,15,24,26H2,1-3H3. The summed E-state index contributed by atoms with van der Waals surface area (Å²) < 4.78 is 25.0. The van der Waals surface area contributed by atoms with Gasteiger partial charge in [-0.05, 0) is 41.7 Å². The van der Waals surface area contributed by atoms with E-state index in [0.29, 0.717) is 23.4 Å². The van der Waals surface area contributed by atoms with Crippen molar-refractivity contribution in [2.45, 2.75) is 45.1 Å². The third-order valence-corrected chi connectivity index (χ3v) is 8.82. The fourth-order valence-corrected chi connectivity index (χ4v) is 6.44. The van der Waals surface area contributed by atoms with Gasteiger partial charge in [0.1, 0.15) is 23.7 Å². The van der Waals surface area contributed by atoms with Crippen molar-refractivity contribution >= 4 is 12.1 Å². The van der Waals surface area contributed by atoms with Crippen LogP contribution in [0.15, 0.2) is 127 Å². The molecule has 1 unspecified atom stereocenters. The van der Waals surface area contributed by atoms with E-state index in [1.165, 1.54) is 0 Å². The van der Waals surface area contributed by atoms with E-state index in [1.54, 1.807) is 20.4 Å². The molecule has 8 nitrogen and oxygen atoms in total. The van der Waals surface area contributed by atoms with E-state index in [-0.39, 0.29) is 30.5 Å². The van der Waals surface area contributed by atoms with Crippen LogP contribution in [0.25, 0.3) is 22.4 Å². The van der Waals surface area contributed by atoms with E-state index >= 15 is 0 Å². The van der Waals surface area contributed by atoms with Crippen molar-refractivity contribution in [3.05, 3.63) is 144 Å². The molecule has 0 saturated carbocycles. The van der Waals surface area contributed by atoms with Gasteiger partial charge in [-0.2, -0.15) is 0 Å². The Labute approximate surface area is 286 Å². The molecule has 1 aromatic heterocycles. The van der Waals surface area contributed by atoms with Crippen LogP contribution in [0.3, 0.4) is 0 Å². The van der Waals surface area contributed by atoms with E-state index < -0.39 is 18.2 Å². The maximum absolute atomic E-state index is 14.0. The number of aromatic nitrogens is 2. The van der Waals surface area contributed by atoms with Crippen molar-refractivity contribution in [1.29, 1.82) is 0 Å². The Hall–Kier alpha value is -5.63. The lowest BCUT2D eigenvalue weighted by Gasteiger charge is -2.24. The average molecular weight is 657 g/mol. The average Bonchev–Trinajstić information content (AvgIpc) is 3.75. The van der Waals surface area contributed by atoms with Crippen molar-refractivity contribution in [2.24, 2.45) is 0 Å². The lowest BCUT2D eigenvalue weighted by atomic mass is 9.96. The highest BCUT2D eigenvalue weighted by atomic mass is 16.7. The number of fused-ring (bicyclic) bond motifs is 3. The normalized spacial score (nSPS) is 13.1. The van der Waals surface area contributed by atoms with Gasteiger partial charge in [0.05, 0.1) is 31.8 Å². The molecule has 250 valence electrons. The van der Waals surface area contributed by atoms with Gasteiger partial charge in [-0.15, -0.1) is 0 Å². The number of rotatable bonds is 13. The molecule has 0 saturated heterocycles. The lowest BCUT2D eigenvalue weighted by Crippen LogP contribution is -2.24. The maximum atomic E-state index is 14.0. The van der Waals surface area contributed by atoms with Gasteiger partial charge in [0, 0.05) is 23.2 Å².